The van der Waals surface area contributed by atoms with E-state index in [1.807, 2.05) is 30.3 Å². The summed E-state index contributed by atoms with van der Waals surface area (Å²) < 4.78 is 4.34. The maximum Gasteiger partial charge on any atom is 0.336 e. The van der Waals surface area contributed by atoms with Gasteiger partial charge in [0.05, 0.1) is 23.1 Å². The fourth-order valence-electron chi connectivity index (χ4n) is 4.14. The molecule has 0 aliphatic rings. The van der Waals surface area contributed by atoms with Gasteiger partial charge in [0.1, 0.15) is 0 Å². The number of aryl methyl sites for hydroxylation is 2. The first kappa shape index (κ1) is 19.5. The molecule has 31 heavy (non-hydrogen) atoms. The molecular weight excluding hydrogens is 406 g/mol. The highest BCUT2D eigenvalue weighted by atomic mass is 32.2. The standard InChI is InChI=1S/C25H21N3O2S/c1-16-8-7-12-21-23(16)17(14-27(21)2)15-28-20-11-5-4-10-19(20)26-25(28)31-22-13-6-3-9-18(22)24(29)30/h3-14H,15H2,1-2H3,(H,29,30). The van der Waals surface area contributed by atoms with Crippen LogP contribution in [0.5, 0.6) is 0 Å². The van der Waals surface area contributed by atoms with E-state index in [0.29, 0.717) is 11.4 Å². The van der Waals surface area contributed by atoms with Crippen molar-refractivity contribution in [3.63, 3.8) is 0 Å². The molecule has 0 radical (unpaired) electrons. The number of aromatic carboxylic acids is 1. The largest absolute Gasteiger partial charge is 0.478 e. The summed E-state index contributed by atoms with van der Waals surface area (Å²) in [5, 5.41) is 11.6. The van der Waals surface area contributed by atoms with Crippen molar-refractivity contribution in [2.24, 2.45) is 7.05 Å². The Morgan fingerprint density at radius 1 is 1.00 bits per heavy atom. The van der Waals surface area contributed by atoms with Crippen molar-refractivity contribution in [2.45, 2.75) is 23.5 Å². The number of carboxylic acids is 1. The molecule has 0 saturated heterocycles. The minimum absolute atomic E-state index is 0.284. The van der Waals surface area contributed by atoms with Crippen LogP contribution < -0.4 is 0 Å². The van der Waals surface area contributed by atoms with Crippen molar-refractivity contribution in [3.8, 4) is 0 Å². The van der Waals surface area contributed by atoms with E-state index in [1.54, 1.807) is 12.1 Å². The van der Waals surface area contributed by atoms with Gasteiger partial charge < -0.3 is 14.2 Å². The van der Waals surface area contributed by atoms with Crippen molar-refractivity contribution >= 4 is 39.7 Å². The second-order valence-corrected chi connectivity index (χ2v) is 8.62. The second-order valence-electron chi connectivity index (χ2n) is 7.61. The molecule has 0 amide bonds. The van der Waals surface area contributed by atoms with Gasteiger partial charge in [-0.2, -0.15) is 0 Å². The van der Waals surface area contributed by atoms with E-state index in [1.165, 1.54) is 33.8 Å². The van der Waals surface area contributed by atoms with E-state index in [2.05, 4.69) is 53.6 Å². The lowest BCUT2D eigenvalue weighted by Crippen LogP contribution is -2.03. The van der Waals surface area contributed by atoms with Crippen LogP contribution in [0.25, 0.3) is 21.9 Å². The number of fused-ring (bicyclic) bond motifs is 2. The van der Waals surface area contributed by atoms with Gasteiger partial charge in [-0.3, -0.25) is 0 Å². The van der Waals surface area contributed by atoms with Gasteiger partial charge in [0.2, 0.25) is 0 Å². The number of hydrogen-bond acceptors (Lipinski definition) is 3. The smallest absolute Gasteiger partial charge is 0.336 e. The van der Waals surface area contributed by atoms with E-state index in [4.69, 9.17) is 4.98 Å². The highest BCUT2D eigenvalue weighted by molar-refractivity contribution is 7.99. The van der Waals surface area contributed by atoms with Crippen molar-refractivity contribution < 1.29 is 9.90 Å². The zero-order valence-corrected chi connectivity index (χ0v) is 18.1. The lowest BCUT2D eigenvalue weighted by Gasteiger charge is -2.10. The molecule has 0 saturated carbocycles. The van der Waals surface area contributed by atoms with Crippen LogP contribution in [0.2, 0.25) is 0 Å². The van der Waals surface area contributed by atoms with E-state index < -0.39 is 5.97 Å². The first-order valence-electron chi connectivity index (χ1n) is 10.0. The lowest BCUT2D eigenvalue weighted by atomic mass is 10.1. The summed E-state index contributed by atoms with van der Waals surface area (Å²) in [6.45, 7) is 2.79. The molecule has 0 aliphatic carbocycles. The third kappa shape index (κ3) is 3.39. The van der Waals surface area contributed by atoms with Gasteiger partial charge in [0, 0.05) is 29.0 Å². The summed E-state index contributed by atoms with van der Waals surface area (Å²) in [7, 11) is 2.07. The lowest BCUT2D eigenvalue weighted by molar-refractivity contribution is 0.0693. The number of hydrogen-bond donors (Lipinski definition) is 1. The minimum atomic E-state index is -0.935. The van der Waals surface area contributed by atoms with Gasteiger partial charge in [-0.25, -0.2) is 9.78 Å². The van der Waals surface area contributed by atoms with Gasteiger partial charge in [-0.1, -0.05) is 48.2 Å². The van der Waals surface area contributed by atoms with Crippen LogP contribution in [0.3, 0.4) is 0 Å². The van der Waals surface area contributed by atoms with Crippen LogP contribution in [-0.4, -0.2) is 25.2 Å². The number of rotatable bonds is 5. The van der Waals surface area contributed by atoms with Crippen LogP contribution in [0, 0.1) is 6.92 Å². The summed E-state index contributed by atoms with van der Waals surface area (Å²) in [6.07, 6.45) is 2.17. The Kier molecular flexibility index (Phi) is 4.79. The Morgan fingerprint density at radius 2 is 1.74 bits per heavy atom. The van der Waals surface area contributed by atoms with Crippen LogP contribution >= 0.6 is 11.8 Å². The van der Waals surface area contributed by atoms with Crippen LogP contribution in [0.1, 0.15) is 21.5 Å². The minimum Gasteiger partial charge on any atom is -0.478 e. The SMILES string of the molecule is Cc1cccc2c1c(Cn1c(Sc3ccccc3C(=O)O)nc3ccccc31)cn2C. The van der Waals surface area contributed by atoms with Crippen molar-refractivity contribution in [2.75, 3.05) is 0 Å². The summed E-state index contributed by atoms with van der Waals surface area (Å²) in [5.41, 5.74) is 5.87. The molecule has 6 heteroatoms. The summed E-state index contributed by atoms with van der Waals surface area (Å²) in [4.78, 5) is 17.2. The number of benzene rings is 3. The molecule has 0 unspecified atom stereocenters. The van der Waals surface area contributed by atoms with E-state index in [9.17, 15) is 9.90 Å². The number of para-hydroxylation sites is 2. The summed E-state index contributed by atoms with van der Waals surface area (Å²) in [6, 6.07) is 21.5. The van der Waals surface area contributed by atoms with Gasteiger partial charge in [0.25, 0.3) is 0 Å². The fraction of sp³-hybridized carbons (Fsp3) is 0.120. The Labute approximate surface area is 184 Å². The first-order valence-corrected chi connectivity index (χ1v) is 10.8. The first-order chi connectivity index (χ1) is 15.0. The maximum atomic E-state index is 11.7. The zero-order chi connectivity index (χ0) is 21.5. The van der Waals surface area contributed by atoms with Crippen LogP contribution in [0.15, 0.2) is 83.0 Å². The van der Waals surface area contributed by atoms with E-state index >= 15 is 0 Å². The highest BCUT2D eigenvalue weighted by Gasteiger charge is 2.18. The molecule has 5 aromatic rings. The van der Waals surface area contributed by atoms with Crippen LogP contribution in [-0.2, 0) is 13.6 Å². The second kappa shape index (κ2) is 7.63. The average Bonchev–Trinajstić information content (AvgIpc) is 3.27. The summed E-state index contributed by atoms with van der Waals surface area (Å²) >= 11 is 1.39. The predicted octanol–water partition coefficient (Wildman–Crippen LogP) is 5.73. The highest BCUT2D eigenvalue weighted by Crippen LogP contribution is 2.34. The summed E-state index contributed by atoms with van der Waals surface area (Å²) in [5.74, 6) is -0.935. The van der Waals surface area contributed by atoms with E-state index in [-0.39, 0.29) is 5.56 Å². The molecule has 2 aromatic heterocycles. The number of carboxylic acid groups (broad SMARTS) is 1. The number of aromatic nitrogens is 3. The molecule has 0 atom stereocenters. The van der Waals surface area contributed by atoms with Gasteiger partial charge in [0.15, 0.2) is 5.16 Å². The molecule has 3 aromatic carbocycles. The molecule has 0 bridgehead atoms. The molecule has 154 valence electrons. The molecule has 0 fully saturated rings. The van der Waals surface area contributed by atoms with Crippen molar-refractivity contribution in [1.29, 1.82) is 0 Å². The van der Waals surface area contributed by atoms with E-state index in [0.717, 1.165) is 16.2 Å². The monoisotopic (exact) mass is 427 g/mol. The molecule has 2 heterocycles. The average molecular weight is 428 g/mol. The Morgan fingerprint density at radius 3 is 2.58 bits per heavy atom. The van der Waals surface area contributed by atoms with Gasteiger partial charge in [-0.15, -0.1) is 0 Å². The third-order valence-corrected chi connectivity index (χ3v) is 6.64. The number of imidazole rings is 1. The van der Waals surface area contributed by atoms with Gasteiger partial charge in [-0.05, 0) is 48.4 Å². The van der Waals surface area contributed by atoms with Crippen molar-refractivity contribution in [1.82, 2.24) is 14.1 Å². The normalized spacial score (nSPS) is 11.4. The zero-order valence-electron chi connectivity index (χ0n) is 17.2. The molecule has 0 spiro atoms. The molecule has 0 aliphatic heterocycles. The topological polar surface area (TPSA) is 60.1 Å². The molecular formula is C25H21N3O2S. The van der Waals surface area contributed by atoms with Gasteiger partial charge >= 0.3 is 5.97 Å². The number of carbonyl (C=O) groups is 1. The molecule has 5 rings (SSSR count). The van der Waals surface area contributed by atoms with Crippen molar-refractivity contribution in [3.05, 3.63) is 89.6 Å². The predicted molar refractivity (Wildman–Crippen MR) is 124 cm³/mol. The Bertz CT molecular complexity index is 1450. The quantitative estimate of drug-likeness (QED) is 0.389. The maximum absolute atomic E-state index is 11.7. The number of nitrogens with zero attached hydrogens (tertiary/aromatic N) is 3. The fourth-order valence-corrected chi connectivity index (χ4v) is 5.16. The Balaban J connectivity index is 1.66. The molecule has 1 N–H and O–H groups in total. The van der Waals surface area contributed by atoms with Crippen LogP contribution in [0.4, 0.5) is 0 Å². The third-order valence-electron chi connectivity index (χ3n) is 5.57. The Hall–Kier alpha value is -3.51. The molecule has 5 nitrogen and oxygen atoms in total.